The molecule has 0 amide bonds. The van der Waals surface area contributed by atoms with Crippen LogP contribution in [0.4, 0.5) is 8.78 Å². The fraction of sp³-hybridized carbons (Fsp3) is 1.00. The maximum atomic E-state index is 12.6. The molecular weight excluding hydrogens is 188 g/mol. The van der Waals surface area contributed by atoms with Gasteiger partial charge in [0.05, 0.1) is 6.10 Å². The van der Waals surface area contributed by atoms with Crippen molar-refractivity contribution in [2.45, 2.75) is 44.3 Å². The Morgan fingerprint density at radius 3 is 2.50 bits per heavy atom. The Balaban J connectivity index is 1.77. The summed E-state index contributed by atoms with van der Waals surface area (Å²) in [5.41, 5.74) is 0. The minimum absolute atomic E-state index is 0.0340. The van der Waals surface area contributed by atoms with E-state index >= 15 is 0 Å². The number of aliphatic hydroxyl groups excluding tert-OH is 1. The van der Waals surface area contributed by atoms with Crippen LogP contribution < -0.4 is 0 Å². The maximum Gasteiger partial charge on any atom is 0.248 e. The van der Waals surface area contributed by atoms with E-state index in [0.29, 0.717) is 12.6 Å². The van der Waals surface area contributed by atoms with Gasteiger partial charge in [0, 0.05) is 32.0 Å². The molecular formula is C10H17F2NO. The summed E-state index contributed by atoms with van der Waals surface area (Å²) in [6.07, 6.45) is 0.590. The largest absolute Gasteiger partial charge is 0.392 e. The molecule has 1 aliphatic carbocycles. The summed E-state index contributed by atoms with van der Waals surface area (Å²) in [6.45, 7) is 3.43. The lowest BCUT2D eigenvalue weighted by atomic mass is 9.81. The second-order valence-corrected chi connectivity index (χ2v) is 4.82. The van der Waals surface area contributed by atoms with Gasteiger partial charge < -0.3 is 5.11 Å². The first-order chi connectivity index (χ1) is 6.46. The lowest BCUT2D eigenvalue weighted by Gasteiger charge is -2.38. The first-order valence-corrected chi connectivity index (χ1v) is 5.26. The number of alkyl halides is 2. The van der Waals surface area contributed by atoms with Crippen molar-refractivity contribution >= 4 is 0 Å². The molecule has 1 N–H and O–H groups in total. The molecule has 0 bridgehead atoms. The van der Waals surface area contributed by atoms with E-state index in [4.69, 9.17) is 0 Å². The van der Waals surface area contributed by atoms with Crippen molar-refractivity contribution in [2.24, 2.45) is 5.92 Å². The van der Waals surface area contributed by atoms with Gasteiger partial charge in [-0.2, -0.15) is 0 Å². The van der Waals surface area contributed by atoms with Crippen LogP contribution in [-0.4, -0.2) is 41.2 Å². The predicted octanol–water partition coefficient (Wildman–Crippen LogP) is 1.49. The van der Waals surface area contributed by atoms with Crippen LogP contribution in [0.25, 0.3) is 0 Å². The minimum atomic E-state index is -2.41. The van der Waals surface area contributed by atoms with Gasteiger partial charge >= 0.3 is 0 Å². The second-order valence-electron chi connectivity index (χ2n) is 4.82. The molecule has 2 atom stereocenters. The van der Waals surface area contributed by atoms with Crippen molar-refractivity contribution in [3.8, 4) is 0 Å². The summed E-state index contributed by atoms with van der Waals surface area (Å²) in [4.78, 5) is 2.13. The number of likely N-dealkylation sites (tertiary alicyclic amines) is 1. The van der Waals surface area contributed by atoms with Gasteiger partial charge in [-0.05, 0) is 19.3 Å². The molecule has 4 heteroatoms. The summed E-state index contributed by atoms with van der Waals surface area (Å²) in [7, 11) is 0. The molecule has 0 radical (unpaired) electrons. The third-order valence-electron chi connectivity index (χ3n) is 3.35. The van der Waals surface area contributed by atoms with Crippen LogP contribution in [0.3, 0.4) is 0 Å². The molecule has 0 aromatic rings. The van der Waals surface area contributed by atoms with E-state index in [2.05, 4.69) is 4.90 Å². The van der Waals surface area contributed by atoms with Crippen molar-refractivity contribution in [2.75, 3.05) is 13.1 Å². The average Bonchev–Trinajstić information content (AvgIpc) is 2.26. The topological polar surface area (TPSA) is 23.5 Å². The quantitative estimate of drug-likeness (QED) is 0.738. The van der Waals surface area contributed by atoms with Crippen molar-refractivity contribution in [3.05, 3.63) is 0 Å². The Morgan fingerprint density at radius 2 is 2.07 bits per heavy atom. The SMILES string of the molecule is C[C@@H]1C[C@@H](O)CN1CC1CC(F)(F)C1. The number of β-amino-alcohol motifs (C(OH)–C–C–N with tert-alkyl or cyclic N) is 1. The molecule has 2 aliphatic rings. The van der Waals surface area contributed by atoms with Crippen LogP contribution in [0.5, 0.6) is 0 Å². The molecule has 1 saturated heterocycles. The van der Waals surface area contributed by atoms with Gasteiger partial charge in [0.15, 0.2) is 0 Å². The summed E-state index contributed by atoms with van der Waals surface area (Å²) < 4.78 is 25.1. The van der Waals surface area contributed by atoms with E-state index < -0.39 is 5.92 Å². The smallest absolute Gasteiger partial charge is 0.248 e. The van der Waals surface area contributed by atoms with Crippen molar-refractivity contribution in [1.29, 1.82) is 0 Å². The monoisotopic (exact) mass is 205 g/mol. The predicted molar refractivity (Wildman–Crippen MR) is 49.3 cm³/mol. The van der Waals surface area contributed by atoms with E-state index in [1.165, 1.54) is 0 Å². The number of halogens is 2. The Bertz CT molecular complexity index is 214. The van der Waals surface area contributed by atoms with Crippen LogP contribution in [-0.2, 0) is 0 Å². The van der Waals surface area contributed by atoms with E-state index in [0.717, 1.165) is 13.0 Å². The minimum Gasteiger partial charge on any atom is -0.392 e. The Kier molecular flexibility index (Phi) is 2.52. The fourth-order valence-electron chi connectivity index (χ4n) is 2.57. The third kappa shape index (κ3) is 2.06. The number of aliphatic hydroxyl groups is 1. The number of rotatable bonds is 2. The first-order valence-electron chi connectivity index (χ1n) is 5.26. The fourth-order valence-corrected chi connectivity index (χ4v) is 2.57. The van der Waals surface area contributed by atoms with Crippen LogP contribution in [0.1, 0.15) is 26.2 Å². The molecule has 2 fully saturated rings. The zero-order chi connectivity index (χ0) is 10.3. The van der Waals surface area contributed by atoms with Crippen LogP contribution in [0, 0.1) is 5.92 Å². The molecule has 0 spiro atoms. The number of hydrogen-bond donors (Lipinski definition) is 1. The van der Waals surface area contributed by atoms with Gasteiger partial charge in [0.1, 0.15) is 0 Å². The van der Waals surface area contributed by atoms with E-state index in [1.807, 2.05) is 6.92 Å². The van der Waals surface area contributed by atoms with Gasteiger partial charge in [-0.25, -0.2) is 8.78 Å². The molecule has 0 aromatic carbocycles. The Hall–Kier alpha value is -0.220. The van der Waals surface area contributed by atoms with E-state index in [1.54, 1.807) is 0 Å². The molecule has 0 unspecified atom stereocenters. The normalized spacial score (nSPS) is 38.6. The van der Waals surface area contributed by atoms with Crippen molar-refractivity contribution in [1.82, 2.24) is 4.90 Å². The van der Waals surface area contributed by atoms with Crippen LogP contribution in [0.2, 0.25) is 0 Å². The molecule has 1 saturated carbocycles. The van der Waals surface area contributed by atoms with Gasteiger partial charge in [-0.3, -0.25) is 4.90 Å². The van der Waals surface area contributed by atoms with Crippen LogP contribution >= 0.6 is 0 Å². The first kappa shape index (κ1) is 10.3. The molecule has 0 aromatic heterocycles. The highest BCUT2D eigenvalue weighted by Crippen LogP contribution is 2.43. The van der Waals surface area contributed by atoms with Crippen molar-refractivity contribution < 1.29 is 13.9 Å². The van der Waals surface area contributed by atoms with Crippen molar-refractivity contribution in [3.63, 3.8) is 0 Å². The highest BCUT2D eigenvalue weighted by molar-refractivity contribution is 4.91. The Labute approximate surface area is 82.9 Å². The number of hydrogen-bond acceptors (Lipinski definition) is 2. The second kappa shape index (κ2) is 3.42. The Morgan fingerprint density at radius 1 is 1.43 bits per heavy atom. The molecule has 82 valence electrons. The molecule has 1 heterocycles. The zero-order valence-corrected chi connectivity index (χ0v) is 8.42. The van der Waals surface area contributed by atoms with Crippen LogP contribution in [0.15, 0.2) is 0 Å². The van der Waals surface area contributed by atoms with E-state index in [9.17, 15) is 13.9 Å². The lowest BCUT2D eigenvalue weighted by molar-refractivity contribution is -0.116. The summed E-state index contributed by atoms with van der Waals surface area (Å²) in [5, 5.41) is 9.39. The highest BCUT2D eigenvalue weighted by atomic mass is 19.3. The van der Waals surface area contributed by atoms with Gasteiger partial charge in [0.25, 0.3) is 0 Å². The third-order valence-corrected chi connectivity index (χ3v) is 3.35. The zero-order valence-electron chi connectivity index (χ0n) is 8.42. The molecule has 1 aliphatic heterocycles. The molecule has 14 heavy (non-hydrogen) atoms. The summed E-state index contributed by atoms with van der Waals surface area (Å²) >= 11 is 0. The molecule has 2 rings (SSSR count). The average molecular weight is 205 g/mol. The summed E-state index contributed by atoms with van der Waals surface area (Å²) in [5.74, 6) is -2.27. The maximum absolute atomic E-state index is 12.6. The van der Waals surface area contributed by atoms with Gasteiger partial charge in [-0.1, -0.05) is 0 Å². The lowest BCUT2D eigenvalue weighted by Crippen LogP contribution is -2.43. The van der Waals surface area contributed by atoms with Gasteiger partial charge in [0.2, 0.25) is 5.92 Å². The highest BCUT2D eigenvalue weighted by Gasteiger charge is 2.46. The number of nitrogens with zero attached hydrogens (tertiary/aromatic N) is 1. The summed E-state index contributed by atoms with van der Waals surface area (Å²) in [6, 6.07) is 0.347. The van der Waals surface area contributed by atoms with Gasteiger partial charge in [-0.15, -0.1) is 0 Å². The standard InChI is InChI=1S/C10H17F2NO/c1-7-2-9(14)6-13(7)5-8-3-10(11,12)4-8/h7-9,14H,2-6H2,1H3/t7-,9-/m1/s1. The molecule has 2 nitrogen and oxygen atoms in total. The van der Waals surface area contributed by atoms with E-state index in [-0.39, 0.29) is 24.9 Å².